The van der Waals surface area contributed by atoms with Crippen LogP contribution in [0.5, 0.6) is 0 Å². The van der Waals surface area contributed by atoms with E-state index in [4.69, 9.17) is 5.73 Å². The summed E-state index contributed by atoms with van der Waals surface area (Å²) in [5.41, 5.74) is 9.64. The van der Waals surface area contributed by atoms with Gasteiger partial charge in [-0.15, -0.1) is 11.3 Å². The van der Waals surface area contributed by atoms with Gasteiger partial charge in [0, 0.05) is 29.6 Å². The van der Waals surface area contributed by atoms with Crippen molar-refractivity contribution < 1.29 is 0 Å². The largest absolute Gasteiger partial charge is 0.375 e. The molecule has 18 heavy (non-hydrogen) atoms. The number of aromatic nitrogens is 3. The van der Waals surface area contributed by atoms with Gasteiger partial charge in [0.2, 0.25) is 0 Å². The molecule has 2 aromatic rings. The second-order valence-electron chi connectivity index (χ2n) is 4.87. The highest BCUT2D eigenvalue weighted by molar-refractivity contribution is 7.15. The summed E-state index contributed by atoms with van der Waals surface area (Å²) in [6.45, 7) is 2.16. The van der Waals surface area contributed by atoms with Crippen LogP contribution in [0, 0.1) is 0 Å². The van der Waals surface area contributed by atoms with Gasteiger partial charge in [0.25, 0.3) is 0 Å². The van der Waals surface area contributed by atoms with Gasteiger partial charge in [0.1, 0.15) is 0 Å². The van der Waals surface area contributed by atoms with Crippen molar-refractivity contribution in [3.05, 3.63) is 28.0 Å². The number of nitrogen functional groups attached to an aromatic ring is 1. The van der Waals surface area contributed by atoms with E-state index < -0.39 is 0 Å². The lowest BCUT2D eigenvalue weighted by molar-refractivity contribution is 0.613. The minimum Gasteiger partial charge on any atom is -0.375 e. The van der Waals surface area contributed by atoms with E-state index in [0.717, 1.165) is 12.8 Å². The maximum atomic E-state index is 5.86. The van der Waals surface area contributed by atoms with Crippen molar-refractivity contribution in [1.29, 1.82) is 0 Å². The number of rotatable bonds is 2. The Morgan fingerprint density at radius 3 is 3.17 bits per heavy atom. The van der Waals surface area contributed by atoms with Crippen LogP contribution < -0.4 is 5.73 Å². The first-order valence-electron chi connectivity index (χ1n) is 6.46. The SMILES string of the molecule is CCc1nn(C)cc1C1CCCc2nc(N)sc21. The minimum absolute atomic E-state index is 0.451. The summed E-state index contributed by atoms with van der Waals surface area (Å²) in [7, 11) is 1.99. The lowest BCUT2D eigenvalue weighted by atomic mass is 9.86. The van der Waals surface area contributed by atoms with Crippen molar-refractivity contribution in [2.24, 2.45) is 7.05 Å². The molecular weight excluding hydrogens is 244 g/mol. The molecule has 0 saturated carbocycles. The van der Waals surface area contributed by atoms with Gasteiger partial charge in [-0.1, -0.05) is 6.92 Å². The standard InChI is InChI=1S/C13H18N4S/c1-3-10-9(7-17(2)16-10)8-5-4-6-11-12(8)18-13(14)15-11/h7-8H,3-6H2,1-2H3,(H2,14,15). The second-order valence-corrected chi connectivity index (χ2v) is 5.93. The first-order valence-corrected chi connectivity index (χ1v) is 7.28. The smallest absolute Gasteiger partial charge is 0.180 e. The Kier molecular flexibility index (Phi) is 2.86. The van der Waals surface area contributed by atoms with Crippen LogP contribution in [0.25, 0.3) is 0 Å². The predicted octanol–water partition coefficient (Wildman–Crippen LogP) is 2.49. The maximum absolute atomic E-state index is 5.86. The molecule has 4 nitrogen and oxygen atoms in total. The first-order chi connectivity index (χ1) is 8.69. The Morgan fingerprint density at radius 2 is 2.39 bits per heavy atom. The lowest BCUT2D eigenvalue weighted by Gasteiger charge is -2.21. The minimum atomic E-state index is 0.451. The van der Waals surface area contributed by atoms with E-state index in [0.29, 0.717) is 11.0 Å². The van der Waals surface area contributed by atoms with E-state index >= 15 is 0 Å². The van der Waals surface area contributed by atoms with Gasteiger partial charge in [0.05, 0.1) is 11.4 Å². The summed E-state index contributed by atoms with van der Waals surface area (Å²) in [5.74, 6) is 0.451. The van der Waals surface area contributed by atoms with Crippen LogP contribution in [-0.2, 0) is 19.9 Å². The molecule has 1 aliphatic rings. The van der Waals surface area contributed by atoms with Crippen LogP contribution in [0.15, 0.2) is 6.20 Å². The Hall–Kier alpha value is -1.36. The molecule has 0 spiro atoms. The fraction of sp³-hybridized carbons (Fsp3) is 0.538. The van der Waals surface area contributed by atoms with E-state index in [1.807, 2.05) is 11.7 Å². The summed E-state index contributed by atoms with van der Waals surface area (Å²) in [6, 6.07) is 0. The molecule has 3 rings (SSSR count). The van der Waals surface area contributed by atoms with Gasteiger partial charge in [-0.25, -0.2) is 4.98 Å². The molecule has 0 bridgehead atoms. The fourth-order valence-corrected chi connectivity index (χ4v) is 3.89. The zero-order valence-electron chi connectivity index (χ0n) is 10.8. The van der Waals surface area contributed by atoms with Crippen LogP contribution in [-0.4, -0.2) is 14.8 Å². The van der Waals surface area contributed by atoms with E-state index in [1.165, 1.54) is 34.7 Å². The summed E-state index contributed by atoms with van der Waals surface area (Å²) >= 11 is 1.65. The van der Waals surface area contributed by atoms with E-state index in [1.54, 1.807) is 11.3 Å². The third kappa shape index (κ3) is 1.82. The van der Waals surface area contributed by atoms with Crippen LogP contribution in [0.4, 0.5) is 5.13 Å². The molecule has 0 aromatic carbocycles. The van der Waals surface area contributed by atoms with Crippen molar-refractivity contribution >= 4 is 16.5 Å². The van der Waals surface area contributed by atoms with Crippen molar-refractivity contribution in [1.82, 2.24) is 14.8 Å². The highest BCUT2D eigenvalue weighted by Gasteiger charge is 2.28. The van der Waals surface area contributed by atoms with Gasteiger partial charge in [-0.2, -0.15) is 5.10 Å². The molecule has 96 valence electrons. The van der Waals surface area contributed by atoms with Crippen molar-refractivity contribution in [3.63, 3.8) is 0 Å². The van der Waals surface area contributed by atoms with Crippen molar-refractivity contribution in [2.45, 2.75) is 38.5 Å². The molecule has 0 saturated heterocycles. The summed E-state index contributed by atoms with van der Waals surface area (Å²) in [5, 5.41) is 5.26. The molecule has 1 aliphatic carbocycles. The van der Waals surface area contributed by atoms with Crippen LogP contribution >= 0.6 is 11.3 Å². The number of hydrogen-bond donors (Lipinski definition) is 1. The Balaban J connectivity index is 2.07. The third-order valence-corrected chi connectivity index (χ3v) is 4.66. The quantitative estimate of drug-likeness (QED) is 0.904. The molecule has 0 fully saturated rings. The summed E-state index contributed by atoms with van der Waals surface area (Å²) in [4.78, 5) is 5.82. The summed E-state index contributed by atoms with van der Waals surface area (Å²) < 4.78 is 1.92. The highest BCUT2D eigenvalue weighted by atomic mass is 32.1. The first kappa shape index (κ1) is 11.7. The average molecular weight is 262 g/mol. The average Bonchev–Trinajstić information content (AvgIpc) is 2.90. The number of aryl methyl sites for hydroxylation is 3. The van der Waals surface area contributed by atoms with Gasteiger partial charge in [-0.3, -0.25) is 4.68 Å². The predicted molar refractivity (Wildman–Crippen MR) is 73.9 cm³/mol. The number of anilines is 1. The molecule has 2 aromatic heterocycles. The van der Waals surface area contributed by atoms with Crippen molar-refractivity contribution in [3.8, 4) is 0 Å². The second kappa shape index (κ2) is 4.39. The zero-order chi connectivity index (χ0) is 12.7. The van der Waals surface area contributed by atoms with Gasteiger partial charge >= 0.3 is 0 Å². The maximum Gasteiger partial charge on any atom is 0.180 e. The zero-order valence-corrected chi connectivity index (χ0v) is 11.6. The van der Waals surface area contributed by atoms with Gasteiger partial charge in [0.15, 0.2) is 5.13 Å². The highest BCUT2D eigenvalue weighted by Crippen LogP contribution is 2.41. The van der Waals surface area contributed by atoms with E-state index in [2.05, 4.69) is 23.2 Å². The lowest BCUT2D eigenvalue weighted by Crippen LogP contribution is -2.10. The number of nitrogens with two attached hydrogens (primary N) is 1. The van der Waals surface area contributed by atoms with Gasteiger partial charge < -0.3 is 5.73 Å². The monoisotopic (exact) mass is 262 g/mol. The number of thiazole rings is 1. The Bertz CT molecular complexity index is 570. The molecule has 1 atom stereocenters. The van der Waals surface area contributed by atoms with Gasteiger partial charge in [-0.05, 0) is 25.7 Å². The molecule has 2 N–H and O–H groups in total. The number of hydrogen-bond acceptors (Lipinski definition) is 4. The van der Waals surface area contributed by atoms with Crippen LogP contribution in [0.1, 0.15) is 47.5 Å². The summed E-state index contributed by atoms with van der Waals surface area (Å²) in [6.07, 6.45) is 6.60. The Morgan fingerprint density at radius 1 is 1.56 bits per heavy atom. The molecule has 1 unspecified atom stereocenters. The van der Waals surface area contributed by atoms with Crippen molar-refractivity contribution in [2.75, 3.05) is 5.73 Å². The normalized spacial score (nSPS) is 18.9. The topological polar surface area (TPSA) is 56.7 Å². The third-order valence-electron chi connectivity index (χ3n) is 3.61. The van der Waals surface area contributed by atoms with E-state index in [-0.39, 0.29) is 0 Å². The molecule has 5 heteroatoms. The van der Waals surface area contributed by atoms with Crippen LogP contribution in [0.3, 0.4) is 0 Å². The molecule has 2 heterocycles. The number of fused-ring (bicyclic) bond motifs is 1. The Labute approximate surface area is 111 Å². The van der Waals surface area contributed by atoms with E-state index in [9.17, 15) is 0 Å². The van der Waals surface area contributed by atoms with Crippen LogP contribution in [0.2, 0.25) is 0 Å². The molecule has 0 aliphatic heterocycles. The molecule has 0 amide bonds. The fourth-order valence-electron chi connectivity index (χ4n) is 2.85. The molecular formula is C13H18N4S. The molecule has 0 radical (unpaired) electrons. The number of nitrogens with zero attached hydrogens (tertiary/aromatic N) is 3.